The van der Waals surface area contributed by atoms with Crippen LogP contribution >= 0.6 is 23.1 Å². The van der Waals surface area contributed by atoms with Crippen molar-refractivity contribution in [1.82, 2.24) is 19.7 Å². The minimum atomic E-state index is -4.50. The lowest BCUT2D eigenvalue weighted by atomic mass is 10.2. The molecule has 164 valence electrons. The SMILES string of the molecule is CCn1c(CC(=O)Nc2cccc(C(F)(F)F)c2)nnc1SCC(=O)Nc1nccs1. The van der Waals surface area contributed by atoms with Crippen molar-refractivity contribution in [3.8, 4) is 0 Å². The smallest absolute Gasteiger partial charge is 0.326 e. The quantitative estimate of drug-likeness (QED) is 0.487. The first-order valence-corrected chi connectivity index (χ1v) is 10.8. The van der Waals surface area contributed by atoms with Crippen LogP contribution in [0.25, 0.3) is 0 Å². The fourth-order valence-electron chi connectivity index (χ4n) is 2.57. The van der Waals surface area contributed by atoms with Crippen LogP contribution in [0.1, 0.15) is 18.3 Å². The zero-order valence-electron chi connectivity index (χ0n) is 16.1. The summed E-state index contributed by atoms with van der Waals surface area (Å²) in [5.41, 5.74) is -0.812. The first-order chi connectivity index (χ1) is 14.8. The average Bonchev–Trinajstić information content (AvgIpc) is 3.35. The van der Waals surface area contributed by atoms with E-state index in [0.717, 1.165) is 23.9 Å². The summed E-state index contributed by atoms with van der Waals surface area (Å²) >= 11 is 2.46. The van der Waals surface area contributed by atoms with E-state index in [9.17, 15) is 22.8 Å². The molecule has 2 amide bonds. The third-order valence-corrected chi connectivity index (χ3v) is 5.57. The first kappa shape index (κ1) is 22.7. The van der Waals surface area contributed by atoms with E-state index in [1.807, 2.05) is 6.92 Å². The van der Waals surface area contributed by atoms with Gasteiger partial charge in [0.05, 0.1) is 17.7 Å². The molecule has 31 heavy (non-hydrogen) atoms. The zero-order chi connectivity index (χ0) is 22.4. The summed E-state index contributed by atoms with van der Waals surface area (Å²) in [7, 11) is 0. The minimum Gasteiger partial charge on any atom is -0.326 e. The number of nitrogens with zero attached hydrogens (tertiary/aromatic N) is 4. The molecule has 2 heterocycles. The topological polar surface area (TPSA) is 102 Å². The van der Waals surface area contributed by atoms with E-state index >= 15 is 0 Å². The number of anilines is 2. The molecular weight excluding hydrogens is 453 g/mol. The number of carbonyl (C=O) groups is 2. The van der Waals surface area contributed by atoms with E-state index < -0.39 is 17.6 Å². The highest BCUT2D eigenvalue weighted by Crippen LogP contribution is 2.30. The Hall–Kier alpha value is -2.93. The lowest BCUT2D eigenvalue weighted by Gasteiger charge is -2.10. The molecule has 3 rings (SSSR count). The number of aromatic nitrogens is 4. The molecule has 0 aliphatic heterocycles. The minimum absolute atomic E-state index is 0.0378. The van der Waals surface area contributed by atoms with Gasteiger partial charge in [-0.05, 0) is 25.1 Å². The van der Waals surface area contributed by atoms with Crippen molar-refractivity contribution in [3.63, 3.8) is 0 Å². The van der Waals surface area contributed by atoms with E-state index in [0.29, 0.717) is 22.7 Å². The van der Waals surface area contributed by atoms with E-state index in [-0.39, 0.29) is 23.8 Å². The van der Waals surface area contributed by atoms with Gasteiger partial charge in [-0.2, -0.15) is 13.2 Å². The number of thioether (sulfide) groups is 1. The lowest BCUT2D eigenvalue weighted by molar-refractivity contribution is -0.137. The highest BCUT2D eigenvalue weighted by Gasteiger charge is 2.30. The Morgan fingerprint density at radius 1 is 1.19 bits per heavy atom. The second kappa shape index (κ2) is 9.92. The molecular formula is C18H17F3N6O2S2. The fourth-order valence-corrected chi connectivity index (χ4v) is 3.93. The summed E-state index contributed by atoms with van der Waals surface area (Å²) in [6.45, 7) is 2.28. The van der Waals surface area contributed by atoms with Gasteiger partial charge in [0, 0.05) is 23.8 Å². The molecule has 0 aliphatic rings. The molecule has 1 aromatic carbocycles. The maximum Gasteiger partial charge on any atom is 0.416 e. The number of thiazole rings is 1. The van der Waals surface area contributed by atoms with Crippen LogP contribution in [0.15, 0.2) is 41.0 Å². The van der Waals surface area contributed by atoms with Crippen LogP contribution in [-0.2, 0) is 28.7 Å². The zero-order valence-corrected chi connectivity index (χ0v) is 17.8. The molecule has 0 unspecified atom stereocenters. The maximum atomic E-state index is 12.8. The number of carbonyl (C=O) groups excluding carboxylic acids is 2. The highest BCUT2D eigenvalue weighted by atomic mass is 32.2. The number of hydrogen-bond acceptors (Lipinski definition) is 7. The van der Waals surface area contributed by atoms with Crippen molar-refractivity contribution in [1.29, 1.82) is 0 Å². The molecule has 3 aromatic rings. The summed E-state index contributed by atoms with van der Waals surface area (Å²) in [4.78, 5) is 28.3. The molecule has 0 saturated heterocycles. The van der Waals surface area contributed by atoms with Crippen LogP contribution in [0.5, 0.6) is 0 Å². The van der Waals surface area contributed by atoms with Gasteiger partial charge in [0.1, 0.15) is 5.82 Å². The highest BCUT2D eigenvalue weighted by molar-refractivity contribution is 7.99. The number of nitrogens with one attached hydrogen (secondary N) is 2. The predicted molar refractivity (Wildman–Crippen MR) is 111 cm³/mol. The van der Waals surface area contributed by atoms with Crippen molar-refractivity contribution >= 4 is 45.7 Å². The van der Waals surface area contributed by atoms with Crippen LogP contribution < -0.4 is 10.6 Å². The summed E-state index contributed by atoms with van der Waals surface area (Å²) in [5.74, 6) is -0.363. The standard InChI is InChI=1S/C18H17F3N6O2S2/c1-2-27-13(9-14(28)23-12-5-3-4-11(8-12)18(19,20)21)25-26-17(27)31-10-15(29)24-16-22-6-7-30-16/h3-8H,2,9-10H2,1H3,(H,23,28)(H,22,24,29). The van der Waals surface area contributed by atoms with Gasteiger partial charge in [0.15, 0.2) is 10.3 Å². The monoisotopic (exact) mass is 470 g/mol. The van der Waals surface area contributed by atoms with E-state index in [4.69, 9.17) is 0 Å². The third-order valence-electron chi connectivity index (χ3n) is 3.91. The summed E-state index contributed by atoms with van der Waals surface area (Å²) in [6, 6.07) is 4.39. The van der Waals surface area contributed by atoms with Gasteiger partial charge in [0.2, 0.25) is 11.8 Å². The molecule has 13 heteroatoms. The van der Waals surface area contributed by atoms with Gasteiger partial charge in [-0.15, -0.1) is 21.5 Å². The van der Waals surface area contributed by atoms with Gasteiger partial charge >= 0.3 is 6.18 Å². The van der Waals surface area contributed by atoms with Gasteiger partial charge in [-0.1, -0.05) is 17.8 Å². The van der Waals surface area contributed by atoms with Crippen molar-refractivity contribution in [2.75, 3.05) is 16.4 Å². The first-order valence-electron chi connectivity index (χ1n) is 8.97. The molecule has 8 nitrogen and oxygen atoms in total. The second-order valence-corrected chi connectivity index (χ2v) is 7.96. The Kier molecular flexibility index (Phi) is 7.28. The number of benzene rings is 1. The number of alkyl halides is 3. The molecule has 2 aromatic heterocycles. The Bertz CT molecular complexity index is 1050. The molecule has 0 radical (unpaired) electrons. The largest absolute Gasteiger partial charge is 0.416 e. The van der Waals surface area contributed by atoms with Gasteiger partial charge in [-0.3, -0.25) is 9.59 Å². The normalized spacial score (nSPS) is 11.4. The van der Waals surface area contributed by atoms with Crippen molar-refractivity contribution in [2.45, 2.75) is 31.2 Å². The van der Waals surface area contributed by atoms with Gasteiger partial charge in [0.25, 0.3) is 0 Å². The molecule has 2 N–H and O–H groups in total. The van der Waals surface area contributed by atoms with Crippen molar-refractivity contribution in [3.05, 3.63) is 47.2 Å². The Morgan fingerprint density at radius 3 is 2.68 bits per heavy atom. The average molecular weight is 471 g/mol. The number of hydrogen-bond donors (Lipinski definition) is 2. The Morgan fingerprint density at radius 2 is 2.00 bits per heavy atom. The second-order valence-electron chi connectivity index (χ2n) is 6.12. The molecule has 0 bridgehead atoms. The number of amides is 2. The van der Waals surface area contributed by atoms with E-state index in [1.54, 1.807) is 16.1 Å². The number of halogens is 3. The maximum absolute atomic E-state index is 12.8. The molecule has 0 fully saturated rings. The van der Waals surface area contributed by atoms with Crippen molar-refractivity contribution < 1.29 is 22.8 Å². The van der Waals surface area contributed by atoms with Crippen LogP contribution in [0.2, 0.25) is 0 Å². The van der Waals surface area contributed by atoms with E-state index in [1.165, 1.54) is 23.5 Å². The van der Waals surface area contributed by atoms with E-state index in [2.05, 4.69) is 25.8 Å². The van der Waals surface area contributed by atoms with Gasteiger partial charge < -0.3 is 15.2 Å². The van der Waals surface area contributed by atoms with Crippen LogP contribution in [0.3, 0.4) is 0 Å². The van der Waals surface area contributed by atoms with Crippen LogP contribution in [0, 0.1) is 0 Å². The summed E-state index contributed by atoms with van der Waals surface area (Å²) in [6.07, 6.45) is -3.10. The molecule has 0 spiro atoms. The fraction of sp³-hybridized carbons (Fsp3) is 0.278. The molecule has 0 aliphatic carbocycles. The Labute approximate surface area is 183 Å². The van der Waals surface area contributed by atoms with Crippen LogP contribution in [-0.4, -0.2) is 37.3 Å². The van der Waals surface area contributed by atoms with Crippen molar-refractivity contribution in [2.24, 2.45) is 0 Å². The predicted octanol–water partition coefficient (Wildman–Crippen LogP) is 3.69. The summed E-state index contributed by atoms with van der Waals surface area (Å²) in [5, 5.41) is 15.8. The summed E-state index contributed by atoms with van der Waals surface area (Å²) < 4.78 is 40.1. The Balaban J connectivity index is 1.60. The lowest BCUT2D eigenvalue weighted by Crippen LogP contribution is -2.18. The van der Waals surface area contributed by atoms with Gasteiger partial charge in [-0.25, -0.2) is 4.98 Å². The number of rotatable bonds is 8. The third kappa shape index (κ3) is 6.28. The molecule has 0 atom stereocenters. The molecule has 0 saturated carbocycles. The van der Waals surface area contributed by atoms with Crippen LogP contribution in [0.4, 0.5) is 24.0 Å².